The van der Waals surface area contributed by atoms with Gasteiger partial charge in [0.15, 0.2) is 0 Å². The van der Waals surface area contributed by atoms with Gasteiger partial charge in [0.1, 0.15) is 0 Å². The first-order valence-electron chi connectivity index (χ1n) is 6.86. The van der Waals surface area contributed by atoms with E-state index >= 15 is 0 Å². The van der Waals surface area contributed by atoms with E-state index in [0.717, 1.165) is 16.8 Å². The zero-order valence-corrected chi connectivity index (χ0v) is 13.2. The van der Waals surface area contributed by atoms with Crippen molar-refractivity contribution in [3.05, 3.63) is 58.1 Å². The predicted octanol–water partition coefficient (Wildman–Crippen LogP) is 4.61. The summed E-state index contributed by atoms with van der Waals surface area (Å²) in [5, 5.41) is 3.43. The Morgan fingerprint density at radius 3 is 2.57 bits per heavy atom. The molecule has 0 unspecified atom stereocenters. The quantitative estimate of drug-likeness (QED) is 0.814. The fraction of sp³-hybridized carbons (Fsp3) is 0.235. The van der Waals surface area contributed by atoms with E-state index in [-0.39, 0.29) is 5.91 Å². The third kappa shape index (κ3) is 3.37. The summed E-state index contributed by atoms with van der Waals surface area (Å²) < 4.78 is 0. The number of halogens is 1. The molecule has 110 valence electrons. The van der Waals surface area contributed by atoms with Crippen molar-refractivity contribution in [3.63, 3.8) is 0 Å². The van der Waals surface area contributed by atoms with Crippen molar-refractivity contribution < 1.29 is 4.79 Å². The van der Waals surface area contributed by atoms with Gasteiger partial charge in [-0.15, -0.1) is 0 Å². The molecule has 4 heteroatoms. The van der Waals surface area contributed by atoms with E-state index in [1.807, 2.05) is 25.1 Å². The van der Waals surface area contributed by atoms with Gasteiger partial charge in [-0.3, -0.25) is 4.79 Å². The van der Waals surface area contributed by atoms with Gasteiger partial charge < -0.3 is 11.1 Å². The molecular formula is C17H19ClN2O. The Kier molecular flexibility index (Phi) is 4.53. The van der Waals surface area contributed by atoms with Gasteiger partial charge in [-0.1, -0.05) is 43.6 Å². The van der Waals surface area contributed by atoms with Crippen LogP contribution in [0.1, 0.15) is 41.3 Å². The highest BCUT2D eigenvalue weighted by molar-refractivity contribution is 6.33. The topological polar surface area (TPSA) is 55.1 Å². The molecule has 0 atom stereocenters. The second kappa shape index (κ2) is 6.19. The summed E-state index contributed by atoms with van der Waals surface area (Å²) in [4.78, 5) is 12.4. The number of benzene rings is 2. The van der Waals surface area contributed by atoms with E-state index < -0.39 is 0 Å². The smallest absolute Gasteiger partial charge is 0.255 e. The van der Waals surface area contributed by atoms with Crippen molar-refractivity contribution in [2.24, 2.45) is 0 Å². The number of para-hydroxylation sites is 1. The number of carbonyl (C=O) groups is 1. The number of nitrogens with one attached hydrogen (secondary N) is 1. The number of anilines is 2. The molecule has 1 amide bonds. The maximum Gasteiger partial charge on any atom is 0.255 e. The Morgan fingerprint density at radius 1 is 1.24 bits per heavy atom. The van der Waals surface area contributed by atoms with Gasteiger partial charge in [-0.2, -0.15) is 0 Å². The summed E-state index contributed by atoms with van der Waals surface area (Å²) in [6, 6.07) is 10.9. The molecule has 2 aromatic carbocycles. The number of aryl methyl sites for hydroxylation is 1. The Labute approximate surface area is 130 Å². The van der Waals surface area contributed by atoms with Crippen molar-refractivity contribution in [1.82, 2.24) is 0 Å². The van der Waals surface area contributed by atoms with E-state index in [0.29, 0.717) is 22.2 Å². The first kappa shape index (κ1) is 15.4. The molecule has 0 aromatic heterocycles. The first-order chi connectivity index (χ1) is 9.90. The highest BCUT2D eigenvalue weighted by Crippen LogP contribution is 2.28. The van der Waals surface area contributed by atoms with Gasteiger partial charge in [0.2, 0.25) is 0 Å². The van der Waals surface area contributed by atoms with E-state index in [4.69, 9.17) is 17.3 Å². The molecule has 2 aromatic rings. The standard InChI is InChI=1S/C17H19ClN2O/c1-10(2)13-6-4-5-11(3)16(13)20-17(21)12-7-8-14(18)15(19)9-12/h4-10H,19H2,1-3H3,(H,20,21). The number of amides is 1. The minimum Gasteiger partial charge on any atom is -0.398 e. The van der Waals surface area contributed by atoms with Gasteiger partial charge in [-0.25, -0.2) is 0 Å². The second-order valence-electron chi connectivity index (χ2n) is 5.38. The molecule has 2 rings (SSSR count). The van der Waals surface area contributed by atoms with Crippen LogP contribution in [0.25, 0.3) is 0 Å². The molecule has 0 spiro atoms. The average molecular weight is 303 g/mol. The van der Waals surface area contributed by atoms with Crippen LogP contribution in [-0.2, 0) is 0 Å². The third-order valence-corrected chi connectivity index (χ3v) is 3.77. The second-order valence-corrected chi connectivity index (χ2v) is 5.79. The van der Waals surface area contributed by atoms with Gasteiger partial charge >= 0.3 is 0 Å². The minimum absolute atomic E-state index is 0.186. The van der Waals surface area contributed by atoms with Crippen LogP contribution in [0, 0.1) is 6.92 Å². The average Bonchev–Trinajstić information content (AvgIpc) is 2.43. The summed E-state index contributed by atoms with van der Waals surface area (Å²) in [7, 11) is 0. The Morgan fingerprint density at radius 2 is 1.95 bits per heavy atom. The predicted molar refractivity (Wildman–Crippen MR) is 89.1 cm³/mol. The molecule has 21 heavy (non-hydrogen) atoms. The van der Waals surface area contributed by atoms with Gasteiger partial charge in [-0.05, 0) is 42.2 Å². The fourth-order valence-electron chi connectivity index (χ4n) is 2.21. The number of carbonyl (C=O) groups excluding carboxylic acids is 1. The number of hydrogen-bond donors (Lipinski definition) is 2. The summed E-state index contributed by atoms with van der Waals surface area (Å²) in [5.41, 5.74) is 9.67. The molecule has 0 heterocycles. The number of nitrogen functional groups attached to an aromatic ring is 1. The molecule has 0 saturated carbocycles. The van der Waals surface area contributed by atoms with Crippen molar-refractivity contribution >= 4 is 28.9 Å². The molecule has 0 saturated heterocycles. The van der Waals surface area contributed by atoms with Gasteiger partial charge in [0.25, 0.3) is 5.91 Å². The molecule has 0 aliphatic heterocycles. The van der Waals surface area contributed by atoms with Crippen LogP contribution in [0.5, 0.6) is 0 Å². The van der Waals surface area contributed by atoms with E-state index in [2.05, 4.69) is 19.2 Å². The van der Waals surface area contributed by atoms with Crippen LogP contribution in [0.2, 0.25) is 5.02 Å². The van der Waals surface area contributed by atoms with Crippen LogP contribution >= 0.6 is 11.6 Å². The summed E-state index contributed by atoms with van der Waals surface area (Å²) in [6.45, 7) is 6.19. The monoisotopic (exact) mass is 302 g/mol. The molecule has 0 fully saturated rings. The minimum atomic E-state index is -0.186. The van der Waals surface area contributed by atoms with Crippen LogP contribution < -0.4 is 11.1 Å². The van der Waals surface area contributed by atoms with Gasteiger partial charge in [0.05, 0.1) is 10.7 Å². The van der Waals surface area contributed by atoms with Crippen LogP contribution in [-0.4, -0.2) is 5.91 Å². The molecule has 0 aliphatic carbocycles. The molecule has 0 radical (unpaired) electrons. The van der Waals surface area contributed by atoms with E-state index in [9.17, 15) is 4.79 Å². The maximum absolute atomic E-state index is 12.4. The lowest BCUT2D eigenvalue weighted by Crippen LogP contribution is -2.15. The summed E-state index contributed by atoms with van der Waals surface area (Å²) in [5.74, 6) is 0.144. The summed E-state index contributed by atoms with van der Waals surface area (Å²) in [6.07, 6.45) is 0. The lowest BCUT2D eigenvalue weighted by atomic mass is 9.98. The zero-order valence-electron chi connectivity index (χ0n) is 12.4. The molecular weight excluding hydrogens is 284 g/mol. The third-order valence-electron chi connectivity index (χ3n) is 3.42. The number of rotatable bonds is 3. The Hall–Kier alpha value is -2.00. The Bertz CT molecular complexity index is 680. The van der Waals surface area contributed by atoms with Gasteiger partial charge in [0, 0.05) is 11.3 Å². The normalized spacial score (nSPS) is 10.7. The SMILES string of the molecule is Cc1cccc(C(C)C)c1NC(=O)c1ccc(Cl)c(N)c1. The lowest BCUT2D eigenvalue weighted by molar-refractivity contribution is 0.102. The maximum atomic E-state index is 12.4. The molecule has 0 aliphatic rings. The van der Waals surface area contributed by atoms with Crippen LogP contribution in [0.15, 0.2) is 36.4 Å². The van der Waals surface area contributed by atoms with Crippen LogP contribution in [0.4, 0.5) is 11.4 Å². The lowest BCUT2D eigenvalue weighted by Gasteiger charge is -2.16. The highest BCUT2D eigenvalue weighted by atomic mass is 35.5. The Balaban J connectivity index is 2.33. The highest BCUT2D eigenvalue weighted by Gasteiger charge is 2.14. The molecule has 0 bridgehead atoms. The number of hydrogen-bond acceptors (Lipinski definition) is 2. The van der Waals surface area contributed by atoms with E-state index in [1.54, 1.807) is 18.2 Å². The van der Waals surface area contributed by atoms with Crippen LogP contribution in [0.3, 0.4) is 0 Å². The largest absolute Gasteiger partial charge is 0.398 e. The summed E-state index contributed by atoms with van der Waals surface area (Å²) >= 11 is 5.88. The first-order valence-corrected chi connectivity index (χ1v) is 7.24. The van der Waals surface area contributed by atoms with Crippen molar-refractivity contribution in [1.29, 1.82) is 0 Å². The molecule has 3 N–H and O–H groups in total. The van der Waals surface area contributed by atoms with Crippen molar-refractivity contribution in [3.8, 4) is 0 Å². The van der Waals surface area contributed by atoms with E-state index in [1.165, 1.54) is 0 Å². The van der Waals surface area contributed by atoms with Crippen molar-refractivity contribution in [2.75, 3.05) is 11.1 Å². The zero-order chi connectivity index (χ0) is 15.6. The fourth-order valence-corrected chi connectivity index (χ4v) is 2.33. The van der Waals surface area contributed by atoms with Crippen molar-refractivity contribution in [2.45, 2.75) is 26.7 Å². The molecule has 3 nitrogen and oxygen atoms in total. The number of nitrogens with two attached hydrogens (primary N) is 1.